The standard InChI is InChI=1S/C21H24N4O3S2/c26-18(13-29-17-5-4-15-2-1-3-16(15)12-17)25-10-7-14(8-11-25)6-9-22-20(27)19-21(28)24-30-23-19/h4-6,12H,1-3,7-11,13H2,(H,22,27)(H,24,28). The van der Waals surface area contributed by atoms with E-state index < -0.39 is 11.5 Å². The fourth-order valence-electron chi connectivity index (χ4n) is 3.84. The molecule has 1 aliphatic carbocycles. The molecule has 1 saturated heterocycles. The number of H-pyrrole nitrogens is 1. The molecule has 2 aromatic rings. The number of piperidine rings is 1. The van der Waals surface area contributed by atoms with Crippen molar-refractivity contribution in [2.45, 2.75) is 37.0 Å². The second kappa shape index (κ2) is 9.61. The highest BCUT2D eigenvalue weighted by molar-refractivity contribution is 8.00. The zero-order valence-corrected chi connectivity index (χ0v) is 18.2. The Balaban J connectivity index is 1.19. The van der Waals surface area contributed by atoms with Crippen molar-refractivity contribution >= 4 is 35.3 Å². The van der Waals surface area contributed by atoms with Gasteiger partial charge in [0.25, 0.3) is 11.5 Å². The molecule has 1 aliphatic heterocycles. The summed E-state index contributed by atoms with van der Waals surface area (Å²) in [5.74, 6) is 0.178. The van der Waals surface area contributed by atoms with Crippen molar-refractivity contribution in [1.82, 2.24) is 19.0 Å². The van der Waals surface area contributed by atoms with E-state index in [0.717, 1.165) is 31.0 Å². The summed E-state index contributed by atoms with van der Waals surface area (Å²) in [5, 5.41) is 2.69. The minimum atomic E-state index is -0.467. The smallest absolute Gasteiger partial charge is 0.291 e. The SMILES string of the molecule is O=C(NCC=C1CCN(C(=O)CSc2ccc3c(c2)CCC3)CC1)c1ns[nH]c1=O. The van der Waals surface area contributed by atoms with Crippen LogP contribution in [0.2, 0.25) is 0 Å². The van der Waals surface area contributed by atoms with Crippen molar-refractivity contribution in [3.8, 4) is 0 Å². The Hall–Kier alpha value is -2.39. The molecule has 9 heteroatoms. The number of carbonyl (C=O) groups excluding carboxylic acids is 2. The maximum atomic E-state index is 12.6. The first-order chi connectivity index (χ1) is 14.6. The van der Waals surface area contributed by atoms with Crippen LogP contribution in [-0.4, -0.2) is 50.8 Å². The van der Waals surface area contributed by atoms with E-state index in [2.05, 4.69) is 32.3 Å². The van der Waals surface area contributed by atoms with Crippen molar-refractivity contribution in [1.29, 1.82) is 0 Å². The van der Waals surface area contributed by atoms with Gasteiger partial charge in [-0.2, -0.15) is 4.37 Å². The van der Waals surface area contributed by atoms with Crippen molar-refractivity contribution in [2.75, 3.05) is 25.4 Å². The van der Waals surface area contributed by atoms with Crippen LogP contribution in [0.4, 0.5) is 0 Å². The number of nitrogens with zero attached hydrogens (tertiary/aromatic N) is 2. The van der Waals surface area contributed by atoms with Gasteiger partial charge in [0.15, 0.2) is 0 Å². The number of fused-ring (bicyclic) bond motifs is 1. The Kier molecular flexibility index (Phi) is 6.69. The number of amides is 2. The summed E-state index contributed by atoms with van der Waals surface area (Å²) in [6.45, 7) is 1.76. The zero-order chi connectivity index (χ0) is 20.9. The fourth-order valence-corrected chi connectivity index (χ4v) is 5.18. The molecule has 0 atom stereocenters. The summed E-state index contributed by atoms with van der Waals surface area (Å²) in [7, 11) is 0. The molecule has 30 heavy (non-hydrogen) atoms. The van der Waals surface area contributed by atoms with Crippen LogP contribution in [0.15, 0.2) is 39.5 Å². The highest BCUT2D eigenvalue weighted by atomic mass is 32.2. The molecule has 1 aromatic heterocycles. The molecule has 0 spiro atoms. The summed E-state index contributed by atoms with van der Waals surface area (Å²) < 4.78 is 6.16. The maximum absolute atomic E-state index is 12.6. The molecule has 0 radical (unpaired) electrons. The number of nitrogens with one attached hydrogen (secondary N) is 2. The van der Waals surface area contributed by atoms with Gasteiger partial charge in [0.1, 0.15) is 0 Å². The first kappa shape index (κ1) is 20.9. The highest BCUT2D eigenvalue weighted by Crippen LogP contribution is 2.28. The van der Waals surface area contributed by atoms with E-state index >= 15 is 0 Å². The molecular weight excluding hydrogens is 420 g/mol. The normalized spacial score (nSPS) is 15.7. The summed E-state index contributed by atoms with van der Waals surface area (Å²) in [6, 6.07) is 6.58. The summed E-state index contributed by atoms with van der Waals surface area (Å²) in [4.78, 5) is 39.0. The van der Waals surface area contributed by atoms with E-state index in [1.807, 2.05) is 11.0 Å². The number of aromatic amines is 1. The number of benzene rings is 1. The van der Waals surface area contributed by atoms with Crippen LogP contribution in [0.1, 0.15) is 40.9 Å². The predicted octanol–water partition coefficient (Wildman–Crippen LogP) is 2.39. The Morgan fingerprint density at radius 3 is 2.77 bits per heavy atom. The van der Waals surface area contributed by atoms with Crippen LogP contribution in [0.5, 0.6) is 0 Å². The molecule has 7 nitrogen and oxygen atoms in total. The predicted molar refractivity (Wildman–Crippen MR) is 118 cm³/mol. The van der Waals surface area contributed by atoms with Crippen LogP contribution in [0.3, 0.4) is 0 Å². The summed E-state index contributed by atoms with van der Waals surface area (Å²) in [6.07, 6.45) is 7.15. The molecule has 2 amide bonds. The van der Waals surface area contributed by atoms with Gasteiger partial charge in [-0.1, -0.05) is 17.7 Å². The number of rotatable bonds is 6. The Bertz CT molecular complexity index is 1020. The second-order valence-corrected chi connectivity index (χ2v) is 9.11. The van der Waals surface area contributed by atoms with E-state index in [9.17, 15) is 14.4 Å². The molecular formula is C21H24N4O3S2. The van der Waals surface area contributed by atoms with Crippen LogP contribution < -0.4 is 10.9 Å². The van der Waals surface area contributed by atoms with Gasteiger partial charge in [-0.25, -0.2) is 0 Å². The summed E-state index contributed by atoms with van der Waals surface area (Å²) in [5.41, 5.74) is 3.55. The van der Waals surface area contributed by atoms with E-state index in [-0.39, 0.29) is 11.6 Å². The van der Waals surface area contributed by atoms with Crippen molar-refractivity contribution < 1.29 is 9.59 Å². The third-order valence-electron chi connectivity index (χ3n) is 5.55. The lowest BCUT2D eigenvalue weighted by Gasteiger charge is -2.28. The van der Waals surface area contributed by atoms with E-state index in [4.69, 9.17) is 0 Å². The number of likely N-dealkylation sites (tertiary alicyclic amines) is 1. The van der Waals surface area contributed by atoms with Gasteiger partial charge in [0, 0.05) is 36.3 Å². The first-order valence-electron chi connectivity index (χ1n) is 10.1. The topological polar surface area (TPSA) is 95.2 Å². The minimum Gasteiger partial charge on any atom is -0.347 e. The zero-order valence-electron chi connectivity index (χ0n) is 16.6. The second-order valence-electron chi connectivity index (χ2n) is 7.49. The lowest BCUT2D eigenvalue weighted by Crippen LogP contribution is -2.37. The highest BCUT2D eigenvalue weighted by Gasteiger charge is 2.20. The van der Waals surface area contributed by atoms with Crippen LogP contribution in [-0.2, 0) is 17.6 Å². The van der Waals surface area contributed by atoms with Crippen LogP contribution in [0.25, 0.3) is 0 Å². The third kappa shape index (κ3) is 5.02. The number of hydrogen-bond acceptors (Lipinski definition) is 6. The molecule has 2 heterocycles. The van der Waals surface area contributed by atoms with Gasteiger partial charge in [0.2, 0.25) is 11.6 Å². The monoisotopic (exact) mass is 444 g/mol. The molecule has 0 unspecified atom stereocenters. The van der Waals surface area contributed by atoms with Crippen molar-refractivity contribution in [3.63, 3.8) is 0 Å². The molecule has 158 valence electrons. The van der Waals surface area contributed by atoms with Crippen molar-refractivity contribution in [3.05, 3.63) is 57.0 Å². The van der Waals surface area contributed by atoms with Gasteiger partial charge < -0.3 is 10.2 Å². The number of aromatic nitrogens is 2. The van der Waals surface area contributed by atoms with E-state index in [1.165, 1.54) is 34.4 Å². The third-order valence-corrected chi connectivity index (χ3v) is 7.08. The number of thioether (sulfide) groups is 1. The minimum absolute atomic E-state index is 0.0975. The van der Waals surface area contributed by atoms with Gasteiger partial charge in [0.05, 0.1) is 5.75 Å². The van der Waals surface area contributed by atoms with Gasteiger partial charge >= 0.3 is 0 Å². The fraction of sp³-hybridized carbons (Fsp3) is 0.429. The Morgan fingerprint density at radius 2 is 2.00 bits per heavy atom. The van der Waals surface area contributed by atoms with Gasteiger partial charge in [-0.15, -0.1) is 11.8 Å². The van der Waals surface area contributed by atoms with E-state index in [0.29, 0.717) is 25.4 Å². The quantitative estimate of drug-likeness (QED) is 0.527. The molecule has 4 rings (SSSR count). The number of aryl methyl sites for hydroxylation is 2. The molecule has 1 fully saturated rings. The molecule has 0 bridgehead atoms. The maximum Gasteiger partial charge on any atom is 0.291 e. The Labute approximate surface area is 183 Å². The lowest BCUT2D eigenvalue weighted by molar-refractivity contribution is -0.128. The average Bonchev–Trinajstić information content (AvgIpc) is 3.40. The van der Waals surface area contributed by atoms with E-state index in [1.54, 1.807) is 11.8 Å². The van der Waals surface area contributed by atoms with Gasteiger partial charge in [-0.3, -0.25) is 18.8 Å². The number of hydrogen-bond donors (Lipinski definition) is 2. The molecule has 1 aromatic carbocycles. The number of carbonyl (C=O) groups is 2. The average molecular weight is 445 g/mol. The van der Waals surface area contributed by atoms with Crippen molar-refractivity contribution in [2.24, 2.45) is 0 Å². The lowest BCUT2D eigenvalue weighted by atomic mass is 10.0. The first-order valence-corrected chi connectivity index (χ1v) is 11.9. The Morgan fingerprint density at radius 1 is 1.20 bits per heavy atom. The van der Waals surface area contributed by atoms with Crippen LogP contribution in [0, 0.1) is 0 Å². The van der Waals surface area contributed by atoms with Crippen LogP contribution >= 0.6 is 23.5 Å². The largest absolute Gasteiger partial charge is 0.347 e. The molecule has 0 saturated carbocycles. The van der Waals surface area contributed by atoms with Gasteiger partial charge in [-0.05, 0) is 55.4 Å². The summed E-state index contributed by atoms with van der Waals surface area (Å²) >= 11 is 2.48. The molecule has 2 aliphatic rings. The molecule has 2 N–H and O–H groups in total.